The molecule has 0 aliphatic heterocycles. The van der Waals surface area contributed by atoms with Crippen LogP contribution in [0.15, 0.2) is 12.4 Å². The van der Waals surface area contributed by atoms with E-state index >= 15 is 0 Å². The third-order valence-electron chi connectivity index (χ3n) is 1.87. The summed E-state index contributed by atoms with van der Waals surface area (Å²) < 4.78 is 5.21. The van der Waals surface area contributed by atoms with Gasteiger partial charge in [0.05, 0.1) is 24.6 Å². The van der Waals surface area contributed by atoms with E-state index in [-0.39, 0.29) is 6.10 Å². The first kappa shape index (κ1) is 10.9. The summed E-state index contributed by atoms with van der Waals surface area (Å²) in [5.41, 5.74) is 0.769. The standard InChI is InChI=1S/C10H16N2O2/c1-3-9(13)5-8-6-11-7-10(12-8)14-4-2/h6-7,9,13H,3-5H2,1-2H3. The van der Waals surface area contributed by atoms with Crippen LogP contribution in [0.2, 0.25) is 0 Å². The summed E-state index contributed by atoms with van der Waals surface area (Å²) in [7, 11) is 0. The monoisotopic (exact) mass is 196 g/mol. The van der Waals surface area contributed by atoms with Gasteiger partial charge in [-0.05, 0) is 13.3 Å². The van der Waals surface area contributed by atoms with Crippen molar-refractivity contribution in [3.05, 3.63) is 18.1 Å². The summed E-state index contributed by atoms with van der Waals surface area (Å²) in [6.07, 6.45) is 4.14. The van der Waals surface area contributed by atoms with Gasteiger partial charge < -0.3 is 9.84 Å². The van der Waals surface area contributed by atoms with Gasteiger partial charge in [0, 0.05) is 12.6 Å². The fourth-order valence-electron chi connectivity index (χ4n) is 1.09. The van der Waals surface area contributed by atoms with E-state index in [0.717, 1.165) is 12.1 Å². The van der Waals surface area contributed by atoms with E-state index in [1.165, 1.54) is 0 Å². The van der Waals surface area contributed by atoms with E-state index in [1.54, 1.807) is 12.4 Å². The number of hydrogen-bond donors (Lipinski definition) is 1. The van der Waals surface area contributed by atoms with E-state index in [0.29, 0.717) is 18.9 Å². The maximum atomic E-state index is 9.42. The highest BCUT2D eigenvalue weighted by molar-refractivity contribution is 5.08. The zero-order chi connectivity index (χ0) is 10.4. The molecule has 4 nitrogen and oxygen atoms in total. The minimum absolute atomic E-state index is 0.346. The lowest BCUT2D eigenvalue weighted by molar-refractivity contribution is 0.169. The second-order valence-corrected chi connectivity index (χ2v) is 3.05. The van der Waals surface area contributed by atoms with Gasteiger partial charge >= 0.3 is 0 Å². The highest BCUT2D eigenvalue weighted by Crippen LogP contribution is 2.07. The van der Waals surface area contributed by atoms with Gasteiger partial charge in [0.1, 0.15) is 0 Å². The molecule has 0 spiro atoms. The Hall–Kier alpha value is -1.16. The Bertz CT molecular complexity index is 279. The molecule has 0 aliphatic rings. The Kier molecular flexibility index (Phi) is 4.32. The number of aliphatic hydroxyl groups excluding tert-OH is 1. The molecule has 1 aromatic rings. The number of ether oxygens (including phenoxy) is 1. The zero-order valence-electron chi connectivity index (χ0n) is 8.60. The summed E-state index contributed by atoms with van der Waals surface area (Å²) in [6.45, 7) is 4.41. The first-order valence-corrected chi connectivity index (χ1v) is 4.88. The Labute approximate surface area is 84.0 Å². The highest BCUT2D eigenvalue weighted by atomic mass is 16.5. The summed E-state index contributed by atoms with van der Waals surface area (Å²) >= 11 is 0. The van der Waals surface area contributed by atoms with Gasteiger partial charge in [0.25, 0.3) is 0 Å². The second kappa shape index (κ2) is 5.54. The van der Waals surface area contributed by atoms with Crippen LogP contribution in [0, 0.1) is 0 Å². The average Bonchev–Trinajstić information content (AvgIpc) is 2.19. The van der Waals surface area contributed by atoms with Crippen LogP contribution in [0.25, 0.3) is 0 Å². The normalized spacial score (nSPS) is 12.5. The van der Waals surface area contributed by atoms with Crippen LogP contribution in [0.1, 0.15) is 26.0 Å². The van der Waals surface area contributed by atoms with Crippen molar-refractivity contribution < 1.29 is 9.84 Å². The Balaban J connectivity index is 2.63. The van der Waals surface area contributed by atoms with E-state index in [4.69, 9.17) is 4.74 Å². The summed E-state index contributed by atoms with van der Waals surface area (Å²) in [5.74, 6) is 0.522. The third kappa shape index (κ3) is 3.30. The molecular formula is C10H16N2O2. The lowest BCUT2D eigenvalue weighted by Crippen LogP contribution is -2.10. The van der Waals surface area contributed by atoms with Crippen molar-refractivity contribution in [2.75, 3.05) is 6.61 Å². The van der Waals surface area contributed by atoms with E-state index in [9.17, 15) is 5.11 Å². The molecule has 0 saturated carbocycles. The molecule has 14 heavy (non-hydrogen) atoms. The van der Waals surface area contributed by atoms with Gasteiger partial charge in [0.2, 0.25) is 5.88 Å². The molecule has 0 aliphatic carbocycles. The molecule has 1 rings (SSSR count). The Morgan fingerprint density at radius 1 is 1.43 bits per heavy atom. The molecule has 0 bridgehead atoms. The van der Waals surface area contributed by atoms with Crippen LogP contribution in [-0.2, 0) is 6.42 Å². The molecule has 0 amide bonds. The van der Waals surface area contributed by atoms with Crippen molar-refractivity contribution in [2.45, 2.75) is 32.8 Å². The molecule has 1 heterocycles. The highest BCUT2D eigenvalue weighted by Gasteiger charge is 2.05. The van der Waals surface area contributed by atoms with Crippen LogP contribution in [0.4, 0.5) is 0 Å². The maximum absolute atomic E-state index is 9.42. The third-order valence-corrected chi connectivity index (χ3v) is 1.87. The number of aromatic nitrogens is 2. The number of hydrogen-bond acceptors (Lipinski definition) is 4. The van der Waals surface area contributed by atoms with Gasteiger partial charge in [-0.15, -0.1) is 0 Å². The first-order valence-electron chi connectivity index (χ1n) is 4.88. The van der Waals surface area contributed by atoms with Crippen LogP contribution in [-0.4, -0.2) is 27.8 Å². The largest absolute Gasteiger partial charge is 0.477 e. The smallest absolute Gasteiger partial charge is 0.232 e. The summed E-state index contributed by atoms with van der Waals surface area (Å²) in [4.78, 5) is 8.20. The maximum Gasteiger partial charge on any atom is 0.232 e. The summed E-state index contributed by atoms with van der Waals surface area (Å²) in [5, 5.41) is 9.42. The van der Waals surface area contributed by atoms with Crippen LogP contribution >= 0.6 is 0 Å². The van der Waals surface area contributed by atoms with Gasteiger partial charge in [0.15, 0.2) is 0 Å². The topological polar surface area (TPSA) is 55.2 Å². The van der Waals surface area contributed by atoms with Crippen molar-refractivity contribution in [1.82, 2.24) is 9.97 Å². The van der Waals surface area contributed by atoms with Gasteiger partial charge in [-0.2, -0.15) is 0 Å². The van der Waals surface area contributed by atoms with Crippen LogP contribution in [0.5, 0.6) is 5.88 Å². The molecule has 1 N–H and O–H groups in total. The fraction of sp³-hybridized carbons (Fsp3) is 0.600. The molecule has 4 heteroatoms. The number of aliphatic hydroxyl groups is 1. The lowest BCUT2D eigenvalue weighted by atomic mass is 10.1. The molecule has 0 saturated heterocycles. The Morgan fingerprint density at radius 3 is 2.86 bits per heavy atom. The van der Waals surface area contributed by atoms with Crippen molar-refractivity contribution in [3.8, 4) is 5.88 Å². The molecule has 0 fully saturated rings. The molecule has 0 radical (unpaired) electrons. The van der Waals surface area contributed by atoms with Crippen molar-refractivity contribution in [2.24, 2.45) is 0 Å². The molecule has 78 valence electrons. The molecular weight excluding hydrogens is 180 g/mol. The van der Waals surface area contributed by atoms with Gasteiger partial charge in [-0.3, -0.25) is 4.98 Å². The first-order chi connectivity index (χ1) is 6.76. The van der Waals surface area contributed by atoms with E-state index in [1.807, 2.05) is 13.8 Å². The van der Waals surface area contributed by atoms with Crippen LogP contribution < -0.4 is 4.74 Å². The minimum atomic E-state index is -0.346. The molecule has 1 atom stereocenters. The van der Waals surface area contributed by atoms with Crippen LogP contribution in [0.3, 0.4) is 0 Å². The van der Waals surface area contributed by atoms with Crippen molar-refractivity contribution in [1.29, 1.82) is 0 Å². The molecule has 0 aromatic carbocycles. The predicted octanol–water partition coefficient (Wildman–Crippen LogP) is 1.19. The van der Waals surface area contributed by atoms with E-state index < -0.39 is 0 Å². The predicted molar refractivity (Wildman–Crippen MR) is 53.2 cm³/mol. The zero-order valence-corrected chi connectivity index (χ0v) is 8.60. The quantitative estimate of drug-likeness (QED) is 0.768. The molecule has 1 aromatic heterocycles. The average molecular weight is 196 g/mol. The number of nitrogens with zero attached hydrogens (tertiary/aromatic N) is 2. The van der Waals surface area contributed by atoms with Gasteiger partial charge in [-0.25, -0.2) is 4.98 Å². The van der Waals surface area contributed by atoms with Gasteiger partial charge in [-0.1, -0.05) is 6.92 Å². The SMILES string of the molecule is CCOc1cncc(CC(O)CC)n1. The van der Waals surface area contributed by atoms with E-state index in [2.05, 4.69) is 9.97 Å². The minimum Gasteiger partial charge on any atom is -0.477 e. The number of rotatable bonds is 5. The molecule has 1 unspecified atom stereocenters. The fourth-order valence-corrected chi connectivity index (χ4v) is 1.09. The van der Waals surface area contributed by atoms with Crippen molar-refractivity contribution in [3.63, 3.8) is 0 Å². The lowest BCUT2D eigenvalue weighted by Gasteiger charge is -2.07. The summed E-state index contributed by atoms with van der Waals surface area (Å²) in [6, 6.07) is 0. The second-order valence-electron chi connectivity index (χ2n) is 3.05. The Morgan fingerprint density at radius 2 is 2.21 bits per heavy atom. The van der Waals surface area contributed by atoms with Crippen molar-refractivity contribution >= 4 is 0 Å².